The number of carbonyl (C=O) groups is 2. The molecule has 6 aromatic heterocycles. The first-order valence-corrected chi connectivity index (χ1v) is 24.5. The maximum Gasteiger partial charge on any atom is 0.229 e. The number of nitrogens with zero attached hydrogens (tertiary/aromatic N) is 8. The average molecular weight is 905 g/mol. The predicted octanol–water partition coefficient (Wildman–Crippen LogP) is 4.39. The second-order valence-corrected chi connectivity index (χ2v) is 21.6. The quantitative estimate of drug-likeness (QED) is 0.165. The third kappa shape index (κ3) is 8.33. The Labute approximate surface area is 370 Å². The van der Waals surface area contributed by atoms with E-state index in [0.717, 1.165) is 33.0 Å². The van der Waals surface area contributed by atoms with Crippen molar-refractivity contribution >= 4 is 76.7 Å². The summed E-state index contributed by atoms with van der Waals surface area (Å²) in [5.41, 5.74) is 17.1. The zero-order valence-electron chi connectivity index (χ0n) is 35.7. The number of hydrogen-bond acceptors (Lipinski definition) is 14. The molecule has 2 saturated heterocycles. The number of sulfonamides is 2. The molecule has 0 aromatic carbocycles. The molecule has 6 N–H and O–H groups in total. The first kappa shape index (κ1) is 43.1. The van der Waals surface area contributed by atoms with Crippen LogP contribution in [0.2, 0.25) is 0 Å². The molecule has 2 spiro atoms. The third-order valence-electron chi connectivity index (χ3n) is 13.3. The Bertz CT molecular complexity index is 2930. The number of hydrogen-bond donors (Lipinski definition) is 4. The standard InChI is InChI=1S/2C22H24N6O3S/c2*1-13-3-5-24-10-15(13)18-7-14-8-19(25-11-16(14)20(23)26-18)27-21(29)17-9-22(17)4-6-28(12-22)32(2,30)31/h2*3,5,7-8,10-11,17H,4,6,9,12H2,1-2H3,(H2,23,26)(H,25,27,29)/t2*17-,22+/m10/s1. The van der Waals surface area contributed by atoms with Gasteiger partial charge in [0.1, 0.15) is 23.3 Å². The summed E-state index contributed by atoms with van der Waals surface area (Å²) in [6.07, 6.45) is 15.4. The van der Waals surface area contributed by atoms with Crippen molar-refractivity contribution in [3.63, 3.8) is 0 Å². The van der Waals surface area contributed by atoms with Gasteiger partial charge in [-0.1, -0.05) is 0 Å². The summed E-state index contributed by atoms with van der Waals surface area (Å²) in [6, 6.07) is 11.2. The second kappa shape index (κ2) is 15.8. The Morgan fingerprint density at radius 2 is 1.06 bits per heavy atom. The zero-order chi connectivity index (χ0) is 45.3. The Balaban J connectivity index is 0.000000162. The maximum absolute atomic E-state index is 12.9. The lowest BCUT2D eigenvalue weighted by molar-refractivity contribution is -0.118. The van der Waals surface area contributed by atoms with Crippen molar-refractivity contribution in [2.75, 3.05) is 60.8 Å². The highest BCUT2D eigenvalue weighted by Crippen LogP contribution is 2.60. The van der Waals surface area contributed by atoms with Crippen molar-refractivity contribution in [3.8, 4) is 22.5 Å². The van der Waals surface area contributed by atoms with Crippen LogP contribution in [0.1, 0.15) is 36.8 Å². The van der Waals surface area contributed by atoms with E-state index in [1.165, 1.54) is 21.1 Å². The fourth-order valence-corrected chi connectivity index (χ4v) is 11.1. The normalized spacial score (nSPS) is 23.0. The van der Waals surface area contributed by atoms with Crippen LogP contribution >= 0.6 is 0 Å². The van der Waals surface area contributed by atoms with E-state index in [2.05, 4.69) is 40.5 Å². The van der Waals surface area contributed by atoms with Gasteiger partial charge in [-0.25, -0.2) is 45.4 Å². The van der Waals surface area contributed by atoms with Gasteiger partial charge in [0.2, 0.25) is 31.9 Å². The van der Waals surface area contributed by atoms with E-state index in [1.807, 2.05) is 38.1 Å². The van der Waals surface area contributed by atoms with Gasteiger partial charge < -0.3 is 22.1 Å². The van der Waals surface area contributed by atoms with Gasteiger partial charge in [-0.2, -0.15) is 0 Å². The van der Waals surface area contributed by atoms with Crippen molar-refractivity contribution < 1.29 is 26.4 Å². The van der Waals surface area contributed by atoms with Crippen molar-refractivity contribution in [2.24, 2.45) is 22.7 Å². The van der Waals surface area contributed by atoms with Gasteiger partial charge in [0.15, 0.2) is 0 Å². The first-order valence-electron chi connectivity index (χ1n) is 20.8. The van der Waals surface area contributed by atoms with Crippen LogP contribution in [0, 0.1) is 36.5 Å². The van der Waals surface area contributed by atoms with Crippen LogP contribution < -0.4 is 22.1 Å². The van der Waals surface area contributed by atoms with E-state index in [-0.39, 0.29) is 34.5 Å². The van der Waals surface area contributed by atoms with Gasteiger partial charge in [-0.15, -0.1) is 0 Å². The number of nitrogens with one attached hydrogen (secondary N) is 2. The van der Waals surface area contributed by atoms with Gasteiger partial charge >= 0.3 is 0 Å². The van der Waals surface area contributed by atoms with Crippen LogP contribution in [-0.4, -0.2) is 106 Å². The lowest BCUT2D eigenvalue weighted by Crippen LogP contribution is -2.28. The molecule has 332 valence electrons. The minimum atomic E-state index is -3.23. The predicted molar refractivity (Wildman–Crippen MR) is 244 cm³/mol. The van der Waals surface area contributed by atoms with Crippen LogP contribution in [-0.2, 0) is 29.6 Å². The molecule has 2 aliphatic carbocycles. The molecule has 4 fully saturated rings. The number of aromatic nitrogens is 6. The first-order chi connectivity index (χ1) is 30.3. The summed E-state index contributed by atoms with van der Waals surface area (Å²) in [7, 11) is -6.47. The summed E-state index contributed by atoms with van der Waals surface area (Å²) in [6.45, 7) is 5.73. The van der Waals surface area contributed by atoms with Crippen molar-refractivity contribution in [2.45, 2.75) is 39.5 Å². The topological polar surface area (TPSA) is 262 Å². The van der Waals surface area contributed by atoms with Crippen LogP contribution in [0.5, 0.6) is 0 Å². The highest BCUT2D eigenvalue weighted by atomic mass is 32.2. The number of rotatable bonds is 8. The Morgan fingerprint density at radius 3 is 1.42 bits per heavy atom. The molecule has 2 saturated carbocycles. The number of fused-ring (bicyclic) bond motifs is 2. The van der Waals surface area contributed by atoms with E-state index < -0.39 is 20.0 Å². The number of aryl methyl sites for hydroxylation is 2. The van der Waals surface area contributed by atoms with E-state index in [9.17, 15) is 26.4 Å². The molecule has 10 rings (SSSR count). The van der Waals surface area contributed by atoms with Crippen molar-refractivity contribution in [1.82, 2.24) is 38.5 Å². The summed E-state index contributed by atoms with van der Waals surface area (Å²) < 4.78 is 50.2. The Hall–Kier alpha value is -6.22. The number of pyridine rings is 6. The molecule has 64 heavy (non-hydrogen) atoms. The average Bonchev–Trinajstić information content (AvgIpc) is 3.99. The third-order valence-corrected chi connectivity index (χ3v) is 15.8. The summed E-state index contributed by atoms with van der Waals surface area (Å²) in [4.78, 5) is 51.7. The molecule has 0 bridgehead atoms. The zero-order valence-corrected chi connectivity index (χ0v) is 37.4. The maximum atomic E-state index is 12.9. The van der Waals surface area contributed by atoms with Gasteiger partial charge in [-0.3, -0.25) is 19.6 Å². The van der Waals surface area contributed by atoms with Crippen LogP contribution in [0.25, 0.3) is 44.1 Å². The number of amides is 2. The molecule has 8 heterocycles. The number of nitrogens with two attached hydrogens (primary N) is 2. The molecule has 0 radical (unpaired) electrons. The smallest absolute Gasteiger partial charge is 0.229 e. The molecule has 4 aliphatic rings. The van der Waals surface area contributed by atoms with Gasteiger partial charge in [0.25, 0.3) is 0 Å². The number of carbonyl (C=O) groups excluding carboxylic acids is 2. The molecule has 0 unspecified atom stereocenters. The summed E-state index contributed by atoms with van der Waals surface area (Å²) in [5, 5.41) is 8.84. The summed E-state index contributed by atoms with van der Waals surface area (Å²) >= 11 is 0. The van der Waals surface area contributed by atoms with Crippen molar-refractivity contribution in [3.05, 3.63) is 84.7 Å². The molecule has 6 aromatic rings. The lowest BCUT2D eigenvalue weighted by Gasteiger charge is -2.13. The fraction of sp³-hybridized carbons (Fsp3) is 0.364. The molecule has 20 heteroatoms. The highest BCUT2D eigenvalue weighted by Gasteiger charge is 2.62. The van der Waals surface area contributed by atoms with E-state index in [1.54, 1.807) is 49.3 Å². The molecule has 2 aliphatic heterocycles. The molecule has 18 nitrogen and oxygen atoms in total. The van der Waals surface area contributed by atoms with E-state index in [4.69, 9.17) is 11.5 Å². The van der Waals surface area contributed by atoms with Crippen LogP contribution in [0.3, 0.4) is 0 Å². The second-order valence-electron chi connectivity index (χ2n) is 17.7. The monoisotopic (exact) mass is 904 g/mol. The van der Waals surface area contributed by atoms with Gasteiger partial charge in [0.05, 0.1) is 23.9 Å². The van der Waals surface area contributed by atoms with Gasteiger partial charge in [-0.05, 0) is 109 Å². The lowest BCUT2D eigenvalue weighted by atomic mass is 10.0. The van der Waals surface area contributed by atoms with Crippen molar-refractivity contribution in [1.29, 1.82) is 0 Å². The fourth-order valence-electron chi connectivity index (χ4n) is 9.27. The largest absolute Gasteiger partial charge is 0.383 e. The minimum Gasteiger partial charge on any atom is -0.383 e. The van der Waals surface area contributed by atoms with Crippen LogP contribution in [0.4, 0.5) is 23.3 Å². The van der Waals surface area contributed by atoms with E-state index in [0.29, 0.717) is 97.3 Å². The number of nitrogen functional groups attached to an aromatic ring is 2. The molecule has 2 amide bonds. The molecule has 4 atom stereocenters. The molecular weight excluding hydrogens is 857 g/mol. The molecular formula is C44H48N12O6S2. The Kier molecular flexibility index (Phi) is 10.6. The SMILES string of the molecule is Cc1ccncc1-c1cc2cc(NC(=O)[C@@H]3C[C@@]34CCN(S(C)(=O)=O)C4)ncc2c(N)n1.Cc1ccncc1-c1cc2cc(NC(=O)[C@H]3C[C@]34CCN(S(C)(=O)=O)C4)ncc2c(N)n1. The van der Waals surface area contributed by atoms with Gasteiger partial charge in [0, 0.05) is 97.1 Å². The number of anilines is 4. The highest BCUT2D eigenvalue weighted by molar-refractivity contribution is 7.88. The minimum absolute atomic E-state index is 0.127. The van der Waals surface area contributed by atoms with E-state index >= 15 is 0 Å². The Morgan fingerprint density at radius 1 is 0.656 bits per heavy atom. The summed E-state index contributed by atoms with van der Waals surface area (Å²) in [5.74, 6) is 0.919. The van der Waals surface area contributed by atoms with Crippen LogP contribution in [0.15, 0.2) is 73.6 Å².